The molecule has 5 heteroatoms. The van der Waals surface area contributed by atoms with Crippen molar-refractivity contribution in [2.45, 2.75) is 19.3 Å². The lowest BCUT2D eigenvalue weighted by molar-refractivity contribution is 0.183. The fourth-order valence-corrected chi connectivity index (χ4v) is 4.61. The molecule has 0 spiro atoms. The fraction of sp³-hybridized carbons (Fsp3) is 0.267. The summed E-state index contributed by atoms with van der Waals surface area (Å²) in [6.07, 6.45) is 3.92. The molecule has 0 aliphatic carbocycles. The van der Waals surface area contributed by atoms with Gasteiger partial charge in [0.05, 0.1) is 7.11 Å². The number of rotatable bonds is 8. The molecule has 0 bridgehead atoms. The number of ether oxygens (including phenoxy) is 3. The molecule has 5 nitrogen and oxygen atoms in total. The van der Waals surface area contributed by atoms with Gasteiger partial charge in [0, 0.05) is 17.5 Å². The Labute approximate surface area is 206 Å². The largest absolute Gasteiger partial charge is 0.508 e. The van der Waals surface area contributed by atoms with E-state index in [4.69, 9.17) is 14.2 Å². The molecule has 0 saturated carbocycles. The highest BCUT2D eigenvalue weighted by atomic mass is 16.5. The van der Waals surface area contributed by atoms with Crippen LogP contribution in [0, 0.1) is 0 Å². The van der Waals surface area contributed by atoms with E-state index in [1.165, 1.54) is 32.4 Å². The Hall–Kier alpha value is -3.70. The molecule has 5 rings (SSSR count). The highest BCUT2D eigenvalue weighted by Crippen LogP contribution is 2.41. The Kier molecular flexibility index (Phi) is 7.05. The molecular weight excluding hydrogens is 438 g/mol. The summed E-state index contributed by atoms with van der Waals surface area (Å²) < 4.78 is 17.8. The number of phenols is 1. The Balaban J connectivity index is 1.38. The van der Waals surface area contributed by atoms with Crippen LogP contribution in [-0.4, -0.2) is 43.4 Å². The molecule has 1 aliphatic rings. The van der Waals surface area contributed by atoms with Gasteiger partial charge in [0.1, 0.15) is 35.4 Å². The van der Waals surface area contributed by atoms with Crippen molar-refractivity contribution in [1.29, 1.82) is 0 Å². The van der Waals surface area contributed by atoms with E-state index in [-0.39, 0.29) is 5.75 Å². The first-order valence-corrected chi connectivity index (χ1v) is 12.2. The molecule has 1 fully saturated rings. The van der Waals surface area contributed by atoms with Crippen molar-refractivity contribution >= 4 is 10.8 Å². The zero-order chi connectivity index (χ0) is 24.0. The number of likely N-dealkylation sites (tertiary alicyclic amines) is 1. The van der Waals surface area contributed by atoms with Crippen LogP contribution in [0.25, 0.3) is 21.9 Å². The van der Waals surface area contributed by atoms with Gasteiger partial charge in [-0.3, -0.25) is 4.90 Å². The minimum absolute atomic E-state index is 0.217. The molecule has 1 heterocycles. The maximum atomic E-state index is 10.0. The van der Waals surface area contributed by atoms with E-state index in [1.807, 2.05) is 66.7 Å². The third kappa shape index (κ3) is 5.52. The number of phenolic OH excluding ortho intramolecular Hbond substituents is 1. The first kappa shape index (κ1) is 23.1. The second-order valence-electron chi connectivity index (χ2n) is 8.90. The van der Waals surface area contributed by atoms with Crippen molar-refractivity contribution in [3.05, 3.63) is 78.9 Å². The molecule has 0 unspecified atom stereocenters. The van der Waals surface area contributed by atoms with Crippen LogP contribution >= 0.6 is 0 Å². The number of fused-ring (bicyclic) bond motifs is 1. The predicted molar refractivity (Wildman–Crippen MR) is 140 cm³/mol. The molecule has 0 atom stereocenters. The second kappa shape index (κ2) is 10.7. The summed E-state index contributed by atoms with van der Waals surface area (Å²) in [6.45, 7) is 4.00. The Bertz CT molecular complexity index is 1280. The highest BCUT2D eigenvalue weighted by Gasteiger charge is 2.14. The molecule has 180 valence electrons. The lowest BCUT2D eigenvalue weighted by Gasteiger charge is -2.26. The van der Waals surface area contributed by atoms with Gasteiger partial charge in [-0.1, -0.05) is 24.6 Å². The molecule has 4 aromatic carbocycles. The van der Waals surface area contributed by atoms with Crippen LogP contribution in [0.15, 0.2) is 78.9 Å². The van der Waals surface area contributed by atoms with Crippen molar-refractivity contribution in [1.82, 2.24) is 4.90 Å². The van der Waals surface area contributed by atoms with Crippen molar-refractivity contribution < 1.29 is 19.3 Å². The number of methoxy groups -OCH3 is 1. The third-order valence-electron chi connectivity index (χ3n) is 6.50. The van der Waals surface area contributed by atoms with E-state index in [2.05, 4.69) is 4.90 Å². The summed E-state index contributed by atoms with van der Waals surface area (Å²) in [5.74, 6) is 3.30. The minimum Gasteiger partial charge on any atom is -0.508 e. The normalized spacial score (nSPS) is 14.1. The molecule has 0 radical (unpaired) electrons. The molecule has 4 aromatic rings. The summed E-state index contributed by atoms with van der Waals surface area (Å²) in [5.41, 5.74) is 1.79. The SMILES string of the molecule is COc1ccc2c(Oc3ccc(OCCN4CCCCC4)cc3)c(-c3cccc(O)c3)ccc2c1. The van der Waals surface area contributed by atoms with Crippen molar-refractivity contribution in [2.75, 3.05) is 33.4 Å². The lowest BCUT2D eigenvalue weighted by Crippen LogP contribution is -2.33. The molecule has 0 amide bonds. The van der Waals surface area contributed by atoms with Gasteiger partial charge < -0.3 is 19.3 Å². The van der Waals surface area contributed by atoms with E-state index in [1.54, 1.807) is 19.2 Å². The van der Waals surface area contributed by atoms with Crippen LogP contribution in [0.1, 0.15) is 19.3 Å². The van der Waals surface area contributed by atoms with Gasteiger partial charge in [0.25, 0.3) is 0 Å². The molecule has 35 heavy (non-hydrogen) atoms. The number of benzene rings is 4. The van der Waals surface area contributed by atoms with Gasteiger partial charge in [-0.05, 0) is 97.5 Å². The van der Waals surface area contributed by atoms with Crippen molar-refractivity contribution in [2.24, 2.45) is 0 Å². The van der Waals surface area contributed by atoms with Crippen LogP contribution < -0.4 is 14.2 Å². The van der Waals surface area contributed by atoms with Crippen LogP contribution in [0.2, 0.25) is 0 Å². The van der Waals surface area contributed by atoms with Crippen LogP contribution in [-0.2, 0) is 0 Å². The Morgan fingerprint density at radius 3 is 2.34 bits per heavy atom. The fourth-order valence-electron chi connectivity index (χ4n) is 4.61. The van der Waals surface area contributed by atoms with Gasteiger partial charge in [0.15, 0.2) is 0 Å². The topological polar surface area (TPSA) is 51.2 Å². The molecule has 1 N–H and O–H groups in total. The highest BCUT2D eigenvalue weighted by molar-refractivity contribution is 5.96. The minimum atomic E-state index is 0.217. The molecule has 0 aromatic heterocycles. The average Bonchev–Trinajstić information content (AvgIpc) is 2.90. The maximum absolute atomic E-state index is 10.0. The first-order valence-electron chi connectivity index (χ1n) is 12.2. The van der Waals surface area contributed by atoms with Gasteiger partial charge in [-0.2, -0.15) is 0 Å². The van der Waals surface area contributed by atoms with Crippen LogP contribution in [0.5, 0.6) is 28.7 Å². The third-order valence-corrected chi connectivity index (χ3v) is 6.50. The number of hydrogen-bond donors (Lipinski definition) is 1. The Morgan fingerprint density at radius 1 is 0.800 bits per heavy atom. The van der Waals surface area contributed by atoms with Crippen molar-refractivity contribution in [3.8, 4) is 39.9 Å². The summed E-state index contributed by atoms with van der Waals surface area (Å²) in [5, 5.41) is 12.0. The lowest BCUT2D eigenvalue weighted by atomic mass is 9.99. The zero-order valence-electron chi connectivity index (χ0n) is 20.1. The summed E-state index contributed by atoms with van der Waals surface area (Å²) >= 11 is 0. The predicted octanol–water partition coefficient (Wildman–Crippen LogP) is 6.88. The first-order chi connectivity index (χ1) is 17.2. The number of aromatic hydroxyl groups is 1. The van der Waals surface area contributed by atoms with E-state index < -0.39 is 0 Å². The summed E-state index contributed by atoms with van der Waals surface area (Å²) in [4.78, 5) is 2.47. The quantitative estimate of drug-likeness (QED) is 0.305. The number of nitrogens with zero attached hydrogens (tertiary/aromatic N) is 1. The van der Waals surface area contributed by atoms with Crippen LogP contribution in [0.4, 0.5) is 0 Å². The number of hydrogen-bond acceptors (Lipinski definition) is 5. The zero-order valence-corrected chi connectivity index (χ0v) is 20.1. The second-order valence-corrected chi connectivity index (χ2v) is 8.90. The Morgan fingerprint density at radius 2 is 1.57 bits per heavy atom. The summed E-state index contributed by atoms with van der Waals surface area (Å²) in [6, 6.07) is 25.0. The van der Waals surface area contributed by atoms with E-state index in [0.717, 1.165) is 51.4 Å². The van der Waals surface area contributed by atoms with Gasteiger partial charge >= 0.3 is 0 Å². The summed E-state index contributed by atoms with van der Waals surface area (Å²) in [7, 11) is 1.66. The van der Waals surface area contributed by atoms with Gasteiger partial charge in [-0.25, -0.2) is 0 Å². The molecule has 1 saturated heterocycles. The monoisotopic (exact) mass is 469 g/mol. The van der Waals surface area contributed by atoms with E-state index in [0.29, 0.717) is 6.61 Å². The average molecular weight is 470 g/mol. The van der Waals surface area contributed by atoms with E-state index in [9.17, 15) is 5.11 Å². The smallest absolute Gasteiger partial charge is 0.143 e. The molecular formula is C30H31NO4. The number of piperidine rings is 1. The van der Waals surface area contributed by atoms with E-state index >= 15 is 0 Å². The molecule has 1 aliphatic heterocycles. The van der Waals surface area contributed by atoms with Gasteiger partial charge in [-0.15, -0.1) is 0 Å². The standard InChI is InChI=1S/C30H31NO4/c1-33-27-13-15-29-23(21-27)8-14-28(22-6-5-7-24(32)20-22)30(29)35-26-11-9-25(10-12-26)34-19-18-31-16-3-2-4-17-31/h5-15,20-21,32H,2-4,16-19H2,1H3. The van der Waals surface area contributed by atoms with Gasteiger partial charge in [0.2, 0.25) is 0 Å². The maximum Gasteiger partial charge on any atom is 0.143 e. The van der Waals surface area contributed by atoms with Crippen LogP contribution in [0.3, 0.4) is 0 Å². The van der Waals surface area contributed by atoms with Crippen molar-refractivity contribution in [3.63, 3.8) is 0 Å².